The number of halogens is 1. The van der Waals surface area contributed by atoms with Gasteiger partial charge in [-0.3, -0.25) is 15.7 Å². The number of amidine groups is 2. The Balaban J connectivity index is 1.32. The minimum absolute atomic E-state index is 0.121. The standard InChI is InChI=1S/C27H22FN7O/c28-19-5-3-6-20(15-19)33-27(36)32-16-17-10-12-18(13-11-17)24(29)35-23-9-4-14-31-26(23)34-22-8-2-1-7-21(22)25(35)30/h1-15,29-30H,16H2,(H,31,34)(H2,32,33,36). The lowest BCUT2D eigenvalue weighted by Gasteiger charge is -2.25. The third-order valence-electron chi connectivity index (χ3n) is 5.67. The maximum absolute atomic E-state index is 13.3. The molecule has 2 heterocycles. The van der Waals surface area contributed by atoms with E-state index in [1.807, 2.05) is 42.5 Å². The van der Waals surface area contributed by atoms with Gasteiger partial charge in [-0.2, -0.15) is 0 Å². The number of nitrogens with zero attached hydrogens (tertiary/aromatic N) is 2. The van der Waals surface area contributed by atoms with Crippen molar-refractivity contribution >= 4 is 40.6 Å². The molecule has 9 heteroatoms. The van der Waals surface area contributed by atoms with Gasteiger partial charge in [0.2, 0.25) is 0 Å². The Morgan fingerprint density at radius 3 is 2.61 bits per heavy atom. The molecule has 0 saturated carbocycles. The number of carbonyl (C=O) groups is 1. The first-order valence-corrected chi connectivity index (χ1v) is 11.2. The predicted octanol–water partition coefficient (Wildman–Crippen LogP) is 5.46. The summed E-state index contributed by atoms with van der Waals surface area (Å²) in [7, 11) is 0. The molecular formula is C27H22FN7O. The van der Waals surface area contributed by atoms with E-state index in [2.05, 4.69) is 20.9 Å². The van der Waals surface area contributed by atoms with E-state index in [9.17, 15) is 9.18 Å². The van der Waals surface area contributed by atoms with Crippen molar-refractivity contribution in [2.45, 2.75) is 6.54 Å². The number of para-hydroxylation sites is 1. The minimum atomic E-state index is -0.453. The van der Waals surface area contributed by atoms with Crippen molar-refractivity contribution in [3.05, 3.63) is 114 Å². The van der Waals surface area contributed by atoms with Crippen LogP contribution in [0, 0.1) is 16.6 Å². The third kappa shape index (κ3) is 4.62. The number of urea groups is 1. The summed E-state index contributed by atoms with van der Waals surface area (Å²) >= 11 is 0. The van der Waals surface area contributed by atoms with E-state index in [1.165, 1.54) is 18.2 Å². The predicted molar refractivity (Wildman–Crippen MR) is 139 cm³/mol. The summed E-state index contributed by atoms with van der Waals surface area (Å²) in [6.07, 6.45) is 1.66. The van der Waals surface area contributed by atoms with Crippen LogP contribution in [0.5, 0.6) is 0 Å². The average molecular weight is 480 g/mol. The quantitative estimate of drug-likeness (QED) is 0.197. The SMILES string of the molecule is N=C(c1ccc(CNC(=O)Nc2cccc(F)c2)cc1)N1C(=N)c2ccccc2Nc2ncccc21. The first-order valence-electron chi connectivity index (χ1n) is 11.2. The zero-order valence-corrected chi connectivity index (χ0v) is 19.0. The zero-order valence-electron chi connectivity index (χ0n) is 19.0. The van der Waals surface area contributed by atoms with Crippen molar-refractivity contribution in [3.8, 4) is 0 Å². The summed E-state index contributed by atoms with van der Waals surface area (Å²) in [5.74, 6) is 0.411. The maximum Gasteiger partial charge on any atom is 0.319 e. The molecule has 1 aliphatic rings. The molecule has 0 atom stereocenters. The van der Waals surface area contributed by atoms with Crippen LogP contribution in [0.4, 0.5) is 32.1 Å². The molecule has 0 radical (unpaired) electrons. The Morgan fingerprint density at radius 2 is 1.81 bits per heavy atom. The first kappa shape index (κ1) is 22.7. The zero-order chi connectivity index (χ0) is 25.1. The van der Waals surface area contributed by atoms with Crippen molar-refractivity contribution in [2.75, 3.05) is 15.5 Å². The van der Waals surface area contributed by atoms with Gasteiger partial charge in [0.25, 0.3) is 0 Å². The van der Waals surface area contributed by atoms with Crippen LogP contribution in [0.1, 0.15) is 16.7 Å². The lowest BCUT2D eigenvalue weighted by molar-refractivity contribution is 0.251. The second kappa shape index (κ2) is 9.67. The van der Waals surface area contributed by atoms with E-state index in [0.717, 1.165) is 11.3 Å². The van der Waals surface area contributed by atoms with Crippen LogP contribution in [0.15, 0.2) is 91.1 Å². The highest BCUT2D eigenvalue weighted by Crippen LogP contribution is 2.34. The summed E-state index contributed by atoms with van der Waals surface area (Å²) in [6.45, 7) is 0.248. The van der Waals surface area contributed by atoms with Gasteiger partial charge in [0.15, 0.2) is 5.82 Å². The number of hydrogen-bond donors (Lipinski definition) is 5. The summed E-state index contributed by atoms with van der Waals surface area (Å²) in [5.41, 5.74) is 3.79. The number of pyridine rings is 1. The molecule has 0 saturated heterocycles. The van der Waals surface area contributed by atoms with Crippen LogP contribution < -0.4 is 20.9 Å². The molecule has 1 aliphatic heterocycles. The van der Waals surface area contributed by atoms with Gasteiger partial charge in [0.1, 0.15) is 17.5 Å². The Hall–Kier alpha value is -5.05. The molecule has 4 aromatic rings. The summed E-state index contributed by atoms with van der Waals surface area (Å²) in [5, 5.41) is 26.4. The lowest BCUT2D eigenvalue weighted by atomic mass is 10.1. The van der Waals surface area contributed by atoms with Crippen LogP contribution in [0.25, 0.3) is 0 Å². The van der Waals surface area contributed by atoms with E-state index in [1.54, 1.807) is 35.4 Å². The number of benzene rings is 3. The van der Waals surface area contributed by atoms with E-state index in [4.69, 9.17) is 10.8 Å². The number of carbonyl (C=O) groups excluding carboxylic acids is 1. The number of aromatic nitrogens is 1. The minimum Gasteiger partial charge on any atom is -0.338 e. The van der Waals surface area contributed by atoms with Crippen molar-refractivity contribution in [1.29, 1.82) is 10.8 Å². The number of anilines is 4. The Bertz CT molecular complexity index is 1470. The monoisotopic (exact) mass is 479 g/mol. The Labute approximate surface area is 206 Å². The first-order chi connectivity index (χ1) is 17.5. The fourth-order valence-corrected chi connectivity index (χ4v) is 3.91. The van der Waals surface area contributed by atoms with Gasteiger partial charge >= 0.3 is 6.03 Å². The van der Waals surface area contributed by atoms with Crippen LogP contribution >= 0.6 is 0 Å². The van der Waals surface area contributed by atoms with E-state index >= 15 is 0 Å². The fourth-order valence-electron chi connectivity index (χ4n) is 3.91. The summed E-state index contributed by atoms with van der Waals surface area (Å²) in [6, 6.07) is 23.4. The van der Waals surface area contributed by atoms with Crippen molar-refractivity contribution in [2.24, 2.45) is 0 Å². The number of hydrogen-bond acceptors (Lipinski definition) is 5. The van der Waals surface area contributed by atoms with Crippen molar-refractivity contribution < 1.29 is 9.18 Å². The Morgan fingerprint density at radius 1 is 1.00 bits per heavy atom. The second-order valence-electron chi connectivity index (χ2n) is 8.09. The molecule has 1 aromatic heterocycles. The number of nitrogens with one attached hydrogen (secondary N) is 5. The van der Waals surface area contributed by atoms with Gasteiger partial charge in [0, 0.05) is 29.6 Å². The summed E-state index contributed by atoms with van der Waals surface area (Å²) in [4.78, 5) is 18.1. The van der Waals surface area contributed by atoms with Gasteiger partial charge in [0.05, 0.1) is 11.4 Å². The molecule has 0 fully saturated rings. The van der Waals surface area contributed by atoms with Gasteiger partial charge in [-0.1, -0.05) is 42.5 Å². The highest BCUT2D eigenvalue weighted by molar-refractivity contribution is 6.30. The maximum atomic E-state index is 13.3. The second-order valence-corrected chi connectivity index (χ2v) is 8.09. The Kier molecular flexibility index (Phi) is 6.10. The summed E-state index contributed by atoms with van der Waals surface area (Å²) < 4.78 is 13.3. The van der Waals surface area contributed by atoms with Crippen molar-refractivity contribution in [3.63, 3.8) is 0 Å². The highest BCUT2D eigenvalue weighted by atomic mass is 19.1. The molecule has 0 aliphatic carbocycles. The molecule has 2 amide bonds. The molecule has 3 aromatic carbocycles. The molecule has 8 nitrogen and oxygen atoms in total. The molecule has 5 rings (SSSR count). The number of amides is 2. The van der Waals surface area contributed by atoms with E-state index < -0.39 is 11.8 Å². The van der Waals surface area contributed by atoms with E-state index in [0.29, 0.717) is 28.3 Å². The average Bonchev–Trinajstić information content (AvgIpc) is 3.01. The molecule has 36 heavy (non-hydrogen) atoms. The van der Waals surface area contributed by atoms with Gasteiger partial charge in [-0.15, -0.1) is 0 Å². The van der Waals surface area contributed by atoms with Crippen LogP contribution in [0.2, 0.25) is 0 Å². The van der Waals surface area contributed by atoms with Gasteiger partial charge in [-0.05, 0) is 48.0 Å². The largest absolute Gasteiger partial charge is 0.338 e. The highest BCUT2D eigenvalue weighted by Gasteiger charge is 2.28. The molecule has 0 unspecified atom stereocenters. The molecule has 178 valence electrons. The number of rotatable bonds is 4. The molecule has 5 N–H and O–H groups in total. The number of fused-ring (bicyclic) bond motifs is 2. The van der Waals surface area contributed by atoms with Crippen molar-refractivity contribution in [1.82, 2.24) is 10.3 Å². The van der Waals surface area contributed by atoms with Gasteiger partial charge in [-0.25, -0.2) is 14.2 Å². The fraction of sp³-hybridized carbons (Fsp3) is 0.0370. The third-order valence-corrected chi connectivity index (χ3v) is 5.67. The smallest absolute Gasteiger partial charge is 0.319 e. The molecular weight excluding hydrogens is 457 g/mol. The molecule has 0 bridgehead atoms. The topological polar surface area (TPSA) is 117 Å². The van der Waals surface area contributed by atoms with Gasteiger partial charge < -0.3 is 16.0 Å². The molecule has 0 spiro atoms. The van der Waals surface area contributed by atoms with E-state index in [-0.39, 0.29) is 18.2 Å². The lowest BCUT2D eigenvalue weighted by Crippen LogP contribution is -2.36. The normalized spacial score (nSPS) is 12.0. The van der Waals surface area contributed by atoms with Crippen LogP contribution in [-0.4, -0.2) is 22.7 Å². The van der Waals surface area contributed by atoms with Crippen LogP contribution in [-0.2, 0) is 6.54 Å². The van der Waals surface area contributed by atoms with Crippen LogP contribution in [0.3, 0.4) is 0 Å².